The number of fused-ring (bicyclic) bond motifs is 3. The largest absolute Gasteiger partial charge is 0.508 e. The number of rotatable bonds is 5. The first-order valence-corrected chi connectivity index (χ1v) is 10.5. The minimum atomic E-state index is 0.326. The van der Waals surface area contributed by atoms with Gasteiger partial charge in [-0.2, -0.15) is 0 Å². The molecule has 1 atom stereocenters. The van der Waals surface area contributed by atoms with Crippen molar-refractivity contribution < 1.29 is 5.11 Å². The van der Waals surface area contributed by atoms with Gasteiger partial charge >= 0.3 is 0 Å². The summed E-state index contributed by atoms with van der Waals surface area (Å²) >= 11 is 0. The normalized spacial score (nSPS) is 16.1. The molecule has 1 aliphatic carbocycles. The quantitative estimate of drug-likeness (QED) is 0.411. The maximum Gasteiger partial charge on any atom is 0.115 e. The van der Waals surface area contributed by atoms with Gasteiger partial charge in [0.2, 0.25) is 0 Å². The highest BCUT2D eigenvalue weighted by molar-refractivity contribution is 5.89. The number of benzene rings is 3. The van der Waals surface area contributed by atoms with E-state index >= 15 is 0 Å². The van der Waals surface area contributed by atoms with Gasteiger partial charge in [0.1, 0.15) is 5.75 Å². The number of aromatic hydroxyl groups is 1. The van der Waals surface area contributed by atoms with Crippen molar-refractivity contribution in [2.45, 2.75) is 31.7 Å². The molecule has 0 saturated carbocycles. The van der Waals surface area contributed by atoms with E-state index in [1.165, 1.54) is 51.7 Å². The van der Waals surface area contributed by atoms with Gasteiger partial charge < -0.3 is 15.4 Å². The summed E-state index contributed by atoms with van der Waals surface area (Å²) in [7, 11) is 0. The fraction of sp³-hybridized carbons (Fsp3) is 0.231. The molecule has 0 saturated heterocycles. The highest BCUT2D eigenvalue weighted by Gasteiger charge is 2.24. The summed E-state index contributed by atoms with van der Waals surface area (Å²) in [6.07, 6.45) is 4.49. The van der Waals surface area contributed by atoms with Crippen LogP contribution in [0, 0.1) is 0 Å². The summed E-state index contributed by atoms with van der Waals surface area (Å²) < 4.78 is 0. The maximum atomic E-state index is 9.44. The Kier molecular flexibility index (Phi) is 4.82. The molecule has 3 nitrogen and oxygen atoms in total. The van der Waals surface area contributed by atoms with Gasteiger partial charge in [-0.15, -0.1) is 0 Å². The highest BCUT2D eigenvalue weighted by atomic mass is 16.3. The minimum absolute atomic E-state index is 0.326. The van der Waals surface area contributed by atoms with Crippen molar-refractivity contribution in [3.8, 4) is 16.9 Å². The second kappa shape index (κ2) is 7.76. The summed E-state index contributed by atoms with van der Waals surface area (Å²) in [6, 6.07) is 25.3. The van der Waals surface area contributed by atoms with Crippen LogP contribution < -0.4 is 5.32 Å². The van der Waals surface area contributed by atoms with Crippen molar-refractivity contribution >= 4 is 10.9 Å². The van der Waals surface area contributed by atoms with Crippen LogP contribution in [-0.4, -0.2) is 16.6 Å². The van der Waals surface area contributed by atoms with Gasteiger partial charge in [0, 0.05) is 22.6 Å². The monoisotopic (exact) mass is 382 g/mol. The second-order valence-corrected chi connectivity index (χ2v) is 7.96. The van der Waals surface area contributed by atoms with Crippen LogP contribution in [0.3, 0.4) is 0 Å². The number of phenolic OH excluding ortho intramolecular Hbond substituents is 1. The molecular weight excluding hydrogens is 356 g/mol. The number of phenols is 1. The molecule has 5 rings (SSSR count). The van der Waals surface area contributed by atoms with E-state index in [1.807, 2.05) is 12.1 Å². The molecule has 29 heavy (non-hydrogen) atoms. The third kappa shape index (κ3) is 3.66. The lowest BCUT2D eigenvalue weighted by Crippen LogP contribution is -2.27. The number of hydrogen-bond donors (Lipinski definition) is 3. The molecule has 0 bridgehead atoms. The summed E-state index contributed by atoms with van der Waals surface area (Å²) in [5.74, 6) is 0.326. The molecule has 1 aromatic heterocycles. The van der Waals surface area contributed by atoms with E-state index in [2.05, 4.69) is 58.8 Å². The van der Waals surface area contributed by atoms with Crippen molar-refractivity contribution in [3.05, 3.63) is 89.6 Å². The molecule has 3 aromatic carbocycles. The average molecular weight is 383 g/mol. The second-order valence-electron chi connectivity index (χ2n) is 7.96. The van der Waals surface area contributed by atoms with Crippen molar-refractivity contribution in [2.75, 3.05) is 6.54 Å². The molecule has 1 unspecified atom stereocenters. The molecule has 1 heterocycles. The molecule has 0 spiro atoms. The molecule has 0 amide bonds. The third-order valence-corrected chi connectivity index (χ3v) is 6.06. The zero-order chi connectivity index (χ0) is 19.6. The van der Waals surface area contributed by atoms with E-state index in [-0.39, 0.29) is 0 Å². The number of nitrogens with one attached hydrogen (secondary N) is 2. The summed E-state index contributed by atoms with van der Waals surface area (Å²) in [5, 5.41) is 14.6. The molecular formula is C26H26N2O. The lowest BCUT2D eigenvalue weighted by Gasteiger charge is -2.24. The van der Waals surface area contributed by atoms with Crippen LogP contribution in [0.15, 0.2) is 72.8 Å². The van der Waals surface area contributed by atoms with E-state index in [0.717, 1.165) is 19.4 Å². The van der Waals surface area contributed by atoms with Gasteiger partial charge in [-0.25, -0.2) is 0 Å². The summed E-state index contributed by atoms with van der Waals surface area (Å²) in [4.78, 5) is 3.71. The SMILES string of the molecule is Oc1ccc(CCNC2CCCc3c2[nH]c2ccc(-c4ccccc4)cc32)cc1. The van der Waals surface area contributed by atoms with E-state index < -0.39 is 0 Å². The van der Waals surface area contributed by atoms with Crippen LogP contribution in [0.4, 0.5) is 0 Å². The van der Waals surface area contributed by atoms with Crippen LogP contribution in [0.2, 0.25) is 0 Å². The van der Waals surface area contributed by atoms with Crippen LogP contribution in [0.5, 0.6) is 5.75 Å². The molecule has 3 N–H and O–H groups in total. The highest BCUT2D eigenvalue weighted by Crippen LogP contribution is 2.36. The molecule has 4 aromatic rings. The lowest BCUT2D eigenvalue weighted by molar-refractivity contribution is 0.456. The van der Waals surface area contributed by atoms with Gasteiger partial charge in [-0.05, 0) is 78.7 Å². The molecule has 3 heteroatoms. The first-order chi connectivity index (χ1) is 14.3. The number of aryl methyl sites for hydroxylation is 1. The molecule has 1 aliphatic rings. The molecule has 0 fully saturated rings. The van der Waals surface area contributed by atoms with Gasteiger partial charge in [0.15, 0.2) is 0 Å². The first kappa shape index (κ1) is 18.0. The Morgan fingerprint density at radius 2 is 1.76 bits per heavy atom. The first-order valence-electron chi connectivity index (χ1n) is 10.5. The zero-order valence-electron chi connectivity index (χ0n) is 16.5. The van der Waals surface area contributed by atoms with Crippen LogP contribution in [-0.2, 0) is 12.8 Å². The van der Waals surface area contributed by atoms with E-state index in [0.29, 0.717) is 11.8 Å². The van der Waals surface area contributed by atoms with Crippen molar-refractivity contribution in [2.24, 2.45) is 0 Å². The fourth-order valence-electron chi connectivity index (χ4n) is 4.53. The number of aromatic amines is 1. The number of aromatic nitrogens is 1. The van der Waals surface area contributed by atoms with Gasteiger partial charge in [-0.3, -0.25) is 0 Å². The number of hydrogen-bond acceptors (Lipinski definition) is 2. The topological polar surface area (TPSA) is 48.0 Å². The number of H-pyrrole nitrogens is 1. The molecule has 146 valence electrons. The Morgan fingerprint density at radius 1 is 0.931 bits per heavy atom. The standard InChI is InChI=1S/C26H26N2O/c29-21-12-9-18(10-13-21)15-16-27-25-8-4-7-22-23-17-20(19-5-2-1-3-6-19)11-14-24(23)28-26(22)25/h1-3,5-6,9-14,17,25,27-29H,4,7-8,15-16H2. The predicted octanol–water partition coefficient (Wildman–Crippen LogP) is 5.75. The Bertz CT molecular complexity index is 1110. The Labute approximate surface area is 171 Å². The van der Waals surface area contributed by atoms with Gasteiger partial charge in [0.05, 0.1) is 0 Å². The summed E-state index contributed by atoms with van der Waals surface area (Å²) in [6.45, 7) is 0.930. The van der Waals surface area contributed by atoms with E-state index in [1.54, 1.807) is 12.1 Å². The van der Waals surface area contributed by atoms with Crippen molar-refractivity contribution in [3.63, 3.8) is 0 Å². The Balaban J connectivity index is 1.37. The Hall–Kier alpha value is -3.04. The lowest BCUT2D eigenvalue weighted by atomic mass is 9.91. The minimum Gasteiger partial charge on any atom is -0.508 e. The fourth-order valence-corrected chi connectivity index (χ4v) is 4.53. The van der Waals surface area contributed by atoms with Gasteiger partial charge in [-0.1, -0.05) is 48.5 Å². The van der Waals surface area contributed by atoms with E-state index in [9.17, 15) is 5.11 Å². The van der Waals surface area contributed by atoms with Gasteiger partial charge in [0.25, 0.3) is 0 Å². The van der Waals surface area contributed by atoms with Crippen LogP contribution in [0.25, 0.3) is 22.0 Å². The van der Waals surface area contributed by atoms with Crippen LogP contribution in [0.1, 0.15) is 35.7 Å². The molecule has 0 aliphatic heterocycles. The summed E-state index contributed by atoms with van der Waals surface area (Å²) in [5.41, 5.74) is 7.87. The Morgan fingerprint density at radius 3 is 2.59 bits per heavy atom. The van der Waals surface area contributed by atoms with Crippen molar-refractivity contribution in [1.29, 1.82) is 0 Å². The van der Waals surface area contributed by atoms with E-state index in [4.69, 9.17) is 0 Å². The zero-order valence-corrected chi connectivity index (χ0v) is 16.5. The maximum absolute atomic E-state index is 9.44. The molecule has 0 radical (unpaired) electrons. The van der Waals surface area contributed by atoms with Crippen molar-refractivity contribution in [1.82, 2.24) is 10.3 Å². The smallest absolute Gasteiger partial charge is 0.115 e. The third-order valence-electron chi connectivity index (χ3n) is 6.06. The van der Waals surface area contributed by atoms with Crippen LogP contribution >= 0.6 is 0 Å². The predicted molar refractivity (Wildman–Crippen MR) is 119 cm³/mol. The average Bonchev–Trinajstić information content (AvgIpc) is 3.15.